The van der Waals surface area contributed by atoms with Crippen molar-refractivity contribution in [1.82, 2.24) is 5.32 Å². The predicted octanol–water partition coefficient (Wildman–Crippen LogP) is 4.66. The third-order valence-corrected chi connectivity index (χ3v) is 3.79. The minimum Gasteiger partial charge on any atom is -0.356 e. The highest BCUT2D eigenvalue weighted by atomic mass is 32.1. The van der Waals surface area contributed by atoms with Crippen LogP contribution >= 0.6 is 12.2 Å². The highest BCUT2D eigenvalue weighted by Gasteiger charge is 2.08. The lowest BCUT2D eigenvalue weighted by Gasteiger charge is -2.18. The van der Waals surface area contributed by atoms with Crippen molar-refractivity contribution in [2.75, 3.05) is 5.32 Å². The molecule has 0 saturated carbocycles. The maximum absolute atomic E-state index is 5.42. The lowest BCUT2D eigenvalue weighted by atomic mass is 10.1. The van der Waals surface area contributed by atoms with E-state index in [2.05, 4.69) is 80.8 Å². The number of thiocarbonyl (C=S) groups is 1. The molecule has 0 bridgehead atoms. The fraction of sp³-hybridized carbons (Fsp3) is 0.278. The first-order chi connectivity index (χ1) is 9.95. The second kappa shape index (κ2) is 6.72. The number of rotatable bonds is 3. The summed E-state index contributed by atoms with van der Waals surface area (Å²) in [6, 6.07) is 15.0. The molecule has 0 aromatic heterocycles. The number of benzene rings is 2. The maximum Gasteiger partial charge on any atom is 0.171 e. The van der Waals surface area contributed by atoms with Crippen molar-refractivity contribution in [1.29, 1.82) is 0 Å². The normalized spacial score (nSPS) is 11.8. The Morgan fingerprint density at radius 3 is 2.24 bits per heavy atom. The molecule has 0 heterocycles. The Hall–Kier alpha value is -1.87. The molecule has 2 rings (SSSR count). The highest BCUT2D eigenvalue weighted by molar-refractivity contribution is 7.80. The molecule has 0 saturated heterocycles. The summed E-state index contributed by atoms with van der Waals surface area (Å²) in [5.41, 5.74) is 5.96. The average molecular weight is 298 g/mol. The average Bonchev–Trinajstić information content (AvgIpc) is 2.43. The third kappa shape index (κ3) is 4.30. The second-order valence-electron chi connectivity index (χ2n) is 5.55. The summed E-state index contributed by atoms with van der Waals surface area (Å²) in [6.45, 7) is 8.36. The van der Waals surface area contributed by atoms with Crippen LogP contribution in [0.25, 0.3) is 0 Å². The van der Waals surface area contributed by atoms with Gasteiger partial charge in [-0.1, -0.05) is 42.0 Å². The first-order valence-corrected chi connectivity index (χ1v) is 7.58. The molecule has 0 radical (unpaired) electrons. The van der Waals surface area contributed by atoms with Crippen LogP contribution in [0.5, 0.6) is 0 Å². The van der Waals surface area contributed by atoms with Crippen LogP contribution in [-0.4, -0.2) is 5.11 Å². The van der Waals surface area contributed by atoms with Gasteiger partial charge in [0.15, 0.2) is 5.11 Å². The molecule has 0 aliphatic carbocycles. The van der Waals surface area contributed by atoms with Crippen LogP contribution in [-0.2, 0) is 0 Å². The van der Waals surface area contributed by atoms with Gasteiger partial charge >= 0.3 is 0 Å². The zero-order valence-electron chi connectivity index (χ0n) is 13.0. The number of hydrogen-bond donors (Lipinski definition) is 2. The zero-order valence-corrected chi connectivity index (χ0v) is 13.8. The van der Waals surface area contributed by atoms with Crippen LogP contribution in [0.4, 0.5) is 5.69 Å². The quantitative estimate of drug-likeness (QED) is 0.806. The van der Waals surface area contributed by atoms with Crippen LogP contribution in [0.1, 0.15) is 35.2 Å². The van der Waals surface area contributed by atoms with Crippen LogP contribution in [0.2, 0.25) is 0 Å². The molecule has 3 heteroatoms. The van der Waals surface area contributed by atoms with Gasteiger partial charge in [-0.2, -0.15) is 0 Å². The van der Waals surface area contributed by atoms with E-state index in [1.165, 1.54) is 22.3 Å². The number of hydrogen-bond acceptors (Lipinski definition) is 1. The molecule has 110 valence electrons. The minimum absolute atomic E-state index is 0.177. The lowest BCUT2D eigenvalue weighted by molar-refractivity contribution is 0.722. The Morgan fingerprint density at radius 2 is 1.57 bits per heavy atom. The van der Waals surface area contributed by atoms with Gasteiger partial charge in [-0.05, 0) is 62.7 Å². The van der Waals surface area contributed by atoms with Gasteiger partial charge in [-0.25, -0.2) is 0 Å². The summed E-state index contributed by atoms with van der Waals surface area (Å²) in [4.78, 5) is 0. The molecule has 0 unspecified atom stereocenters. The number of aryl methyl sites for hydroxylation is 3. The van der Waals surface area contributed by atoms with Gasteiger partial charge in [-0.3, -0.25) is 0 Å². The molecule has 0 aliphatic heterocycles. The molecule has 2 N–H and O–H groups in total. The minimum atomic E-state index is 0.177. The van der Waals surface area contributed by atoms with Crippen LogP contribution < -0.4 is 10.6 Å². The van der Waals surface area contributed by atoms with Gasteiger partial charge in [0.2, 0.25) is 0 Å². The van der Waals surface area contributed by atoms with Crippen molar-refractivity contribution in [3.8, 4) is 0 Å². The fourth-order valence-electron chi connectivity index (χ4n) is 2.16. The second-order valence-corrected chi connectivity index (χ2v) is 5.96. The Labute approximate surface area is 132 Å². The molecule has 2 nitrogen and oxygen atoms in total. The molecule has 2 aromatic carbocycles. The molecule has 2 aromatic rings. The number of nitrogens with one attached hydrogen (secondary N) is 2. The van der Waals surface area contributed by atoms with E-state index in [9.17, 15) is 0 Å². The van der Waals surface area contributed by atoms with E-state index in [0.29, 0.717) is 5.11 Å². The summed E-state index contributed by atoms with van der Waals surface area (Å²) in [6.07, 6.45) is 0. The van der Waals surface area contributed by atoms with Crippen molar-refractivity contribution in [3.63, 3.8) is 0 Å². The van der Waals surface area contributed by atoms with E-state index in [1.807, 2.05) is 0 Å². The molecule has 21 heavy (non-hydrogen) atoms. The molecular formula is C18H22N2S. The van der Waals surface area contributed by atoms with Gasteiger partial charge in [0.05, 0.1) is 6.04 Å². The highest BCUT2D eigenvalue weighted by Crippen LogP contribution is 2.17. The van der Waals surface area contributed by atoms with Crippen molar-refractivity contribution < 1.29 is 0 Å². The van der Waals surface area contributed by atoms with Gasteiger partial charge < -0.3 is 10.6 Å². The van der Waals surface area contributed by atoms with Crippen LogP contribution in [0.3, 0.4) is 0 Å². The summed E-state index contributed by atoms with van der Waals surface area (Å²) in [5, 5.41) is 7.26. The van der Waals surface area contributed by atoms with E-state index in [0.717, 1.165) is 5.69 Å². The molecule has 0 aliphatic rings. The van der Waals surface area contributed by atoms with Crippen molar-refractivity contribution in [3.05, 3.63) is 64.7 Å². The zero-order chi connectivity index (χ0) is 15.4. The topological polar surface area (TPSA) is 24.1 Å². The van der Waals surface area contributed by atoms with E-state index in [1.54, 1.807) is 0 Å². The van der Waals surface area contributed by atoms with E-state index in [-0.39, 0.29) is 6.04 Å². The first-order valence-electron chi connectivity index (χ1n) is 7.17. The van der Waals surface area contributed by atoms with Crippen molar-refractivity contribution in [2.45, 2.75) is 33.7 Å². The van der Waals surface area contributed by atoms with Gasteiger partial charge in [0.1, 0.15) is 0 Å². The smallest absolute Gasteiger partial charge is 0.171 e. The van der Waals surface area contributed by atoms with E-state index < -0.39 is 0 Å². The molecular weight excluding hydrogens is 276 g/mol. The Kier molecular flexibility index (Phi) is 4.97. The Morgan fingerprint density at radius 1 is 0.952 bits per heavy atom. The van der Waals surface area contributed by atoms with E-state index >= 15 is 0 Å². The lowest BCUT2D eigenvalue weighted by Crippen LogP contribution is -2.31. The SMILES string of the molecule is Cc1ccc([C@H](C)NC(=S)Nc2cc(C)ccc2C)cc1. The summed E-state index contributed by atoms with van der Waals surface area (Å²) in [7, 11) is 0. The first kappa shape index (κ1) is 15.5. The predicted molar refractivity (Wildman–Crippen MR) is 94.9 cm³/mol. The monoisotopic (exact) mass is 298 g/mol. The fourth-order valence-corrected chi connectivity index (χ4v) is 2.45. The molecule has 0 amide bonds. The van der Waals surface area contributed by atoms with Gasteiger partial charge in [0.25, 0.3) is 0 Å². The summed E-state index contributed by atoms with van der Waals surface area (Å²) in [5.74, 6) is 0. The molecule has 1 atom stereocenters. The standard InChI is InChI=1S/C18H22N2S/c1-12-6-9-16(10-7-12)15(4)19-18(21)20-17-11-13(2)5-8-14(17)3/h5-11,15H,1-4H3,(H2,19,20,21)/t15-/m0/s1. The Balaban J connectivity index is 2.01. The van der Waals surface area contributed by atoms with Crippen molar-refractivity contribution >= 4 is 23.0 Å². The van der Waals surface area contributed by atoms with E-state index in [4.69, 9.17) is 12.2 Å². The summed E-state index contributed by atoms with van der Waals surface area (Å²) >= 11 is 5.42. The van der Waals surface area contributed by atoms with Crippen LogP contribution in [0.15, 0.2) is 42.5 Å². The Bertz CT molecular complexity index is 632. The maximum atomic E-state index is 5.42. The van der Waals surface area contributed by atoms with Crippen LogP contribution in [0, 0.1) is 20.8 Å². The number of anilines is 1. The van der Waals surface area contributed by atoms with Crippen molar-refractivity contribution in [2.24, 2.45) is 0 Å². The molecule has 0 fully saturated rings. The van der Waals surface area contributed by atoms with Gasteiger partial charge in [0, 0.05) is 5.69 Å². The molecule has 0 spiro atoms. The van der Waals surface area contributed by atoms with Gasteiger partial charge in [-0.15, -0.1) is 0 Å². The largest absolute Gasteiger partial charge is 0.356 e. The summed E-state index contributed by atoms with van der Waals surface area (Å²) < 4.78 is 0. The third-order valence-electron chi connectivity index (χ3n) is 3.57.